The molecule has 0 radical (unpaired) electrons. The van der Waals surface area contributed by atoms with Crippen LogP contribution < -0.4 is 10.9 Å². The minimum Gasteiger partial charge on any atom is -0.465 e. The van der Waals surface area contributed by atoms with E-state index in [-0.39, 0.29) is 24.1 Å². The van der Waals surface area contributed by atoms with E-state index in [1.54, 1.807) is 12.1 Å². The Kier molecular flexibility index (Phi) is 6.97. The Morgan fingerprint density at radius 1 is 1.03 bits per heavy atom. The first-order valence-corrected chi connectivity index (χ1v) is 10.1. The second-order valence-corrected chi connectivity index (χ2v) is 7.16. The van der Waals surface area contributed by atoms with Crippen LogP contribution in [0.4, 0.5) is 0 Å². The average molecular weight is 419 g/mol. The summed E-state index contributed by atoms with van der Waals surface area (Å²) in [6, 6.07) is 18.3. The lowest BCUT2D eigenvalue weighted by Crippen LogP contribution is -2.39. The predicted molar refractivity (Wildman–Crippen MR) is 119 cm³/mol. The molecule has 1 atom stereocenters. The van der Waals surface area contributed by atoms with Gasteiger partial charge in [0.25, 0.3) is 5.56 Å². The van der Waals surface area contributed by atoms with E-state index in [1.807, 2.05) is 62.4 Å². The second-order valence-electron chi connectivity index (χ2n) is 7.16. The van der Waals surface area contributed by atoms with E-state index in [2.05, 4.69) is 10.4 Å². The molecule has 1 aromatic heterocycles. The van der Waals surface area contributed by atoms with Crippen LogP contribution in [0.2, 0.25) is 0 Å². The molecule has 0 spiro atoms. The van der Waals surface area contributed by atoms with E-state index >= 15 is 0 Å². The molecule has 0 aliphatic heterocycles. The Balaban J connectivity index is 2.27. The third-order valence-corrected chi connectivity index (χ3v) is 4.97. The average Bonchev–Trinajstić information content (AvgIpc) is 2.80. The fourth-order valence-corrected chi connectivity index (χ4v) is 3.21. The molecule has 1 N–H and O–H groups in total. The van der Waals surface area contributed by atoms with E-state index in [1.165, 1.54) is 7.11 Å². The summed E-state index contributed by atoms with van der Waals surface area (Å²) < 4.78 is 5.96. The molecule has 1 amide bonds. The van der Waals surface area contributed by atoms with E-state index in [0.29, 0.717) is 22.4 Å². The first-order valence-electron chi connectivity index (χ1n) is 10.1. The van der Waals surface area contributed by atoms with E-state index in [0.717, 1.165) is 11.1 Å². The van der Waals surface area contributed by atoms with Crippen molar-refractivity contribution in [1.82, 2.24) is 15.1 Å². The Morgan fingerprint density at radius 3 is 2.16 bits per heavy atom. The summed E-state index contributed by atoms with van der Waals surface area (Å²) in [6.45, 7) is 3.52. The van der Waals surface area contributed by atoms with Crippen molar-refractivity contribution < 1.29 is 14.3 Å². The van der Waals surface area contributed by atoms with Crippen molar-refractivity contribution in [2.24, 2.45) is 0 Å². The predicted octanol–water partition coefficient (Wildman–Crippen LogP) is 3.28. The summed E-state index contributed by atoms with van der Waals surface area (Å²) in [4.78, 5) is 38.4. The zero-order valence-electron chi connectivity index (χ0n) is 17.8. The highest BCUT2D eigenvalue weighted by Gasteiger charge is 2.26. The number of hydrogen-bond acceptors (Lipinski definition) is 5. The van der Waals surface area contributed by atoms with Gasteiger partial charge in [0.05, 0.1) is 12.8 Å². The number of nitrogens with one attached hydrogen (secondary N) is 1. The molecule has 0 saturated heterocycles. The maximum Gasteiger partial charge on any atom is 0.344 e. The molecule has 1 unspecified atom stereocenters. The van der Waals surface area contributed by atoms with Gasteiger partial charge in [-0.3, -0.25) is 9.59 Å². The fourth-order valence-electron chi connectivity index (χ4n) is 3.21. The second kappa shape index (κ2) is 9.84. The molecule has 0 saturated carbocycles. The molecule has 31 heavy (non-hydrogen) atoms. The van der Waals surface area contributed by atoms with E-state index in [4.69, 9.17) is 4.74 Å². The van der Waals surface area contributed by atoms with Crippen molar-refractivity contribution >= 4 is 11.9 Å². The number of carbonyl (C=O) groups excluding carboxylic acids is 2. The van der Waals surface area contributed by atoms with Crippen molar-refractivity contribution in [3.63, 3.8) is 0 Å². The van der Waals surface area contributed by atoms with Crippen LogP contribution in [-0.4, -0.2) is 34.8 Å². The van der Waals surface area contributed by atoms with Gasteiger partial charge in [-0.05, 0) is 18.9 Å². The molecule has 0 bridgehead atoms. The zero-order valence-corrected chi connectivity index (χ0v) is 17.8. The normalized spacial score (nSPS) is 11.6. The third-order valence-electron chi connectivity index (χ3n) is 4.97. The first kappa shape index (κ1) is 22.0. The van der Waals surface area contributed by atoms with Crippen molar-refractivity contribution in [2.45, 2.75) is 32.9 Å². The van der Waals surface area contributed by atoms with Crippen LogP contribution >= 0.6 is 0 Å². The minimum atomic E-state index is -0.778. The fraction of sp³-hybridized carbons (Fsp3) is 0.250. The van der Waals surface area contributed by atoms with Crippen molar-refractivity contribution in [1.29, 1.82) is 0 Å². The van der Waals surface area contributed by atoms with Crippen LogP contribution in [0.25, 0.3) is 22.4 Å². The summed E-state index contributed by atoms with van der Waals surface area (Å²) in [5.74, 6) is -1.13. The number of esters is 1. The Morgan fingerprint density at radius 2 is 1.61 bits per heavy atom. The van der Waals surface area contributed by atoms with Gasteiger partial charge >= 0.3 is 5.97 Å². The summed E-state index contributed by atoms with van der Waals surface area (Å²) in [5, 5.41) is 7.32. The van der Waals surface area contributed by atoms with Crippen LogP contribution in [0.3, 0.4) is 0 Å². The summed E-state index contributed by atoms with van der Waals surface area (Å²) in [6.07, 6.45) is 0.754. The lowest BCUT2D eigenvalue weighted by atomic mass is 9.95. The largest absolute Gasteiger partial charge is 0.465 e. The van der Waals surface area contributed by atoms with Gasteiger partial charge < -0.3 is 10.1 Å². The number of nitrogens with zero attached hydrogens (tertiary/aromatic N) is 2. The molecule has 2 aromatic carbocycles. The molecular formula is C24H25N3O4. The highest BCUT2D eigenvalue weighted by atomic mass is 16.5. The smallest absolute Gasteiger partial charge is 0.344 e. The van der Waals surface area contributed by atoms with Gasteiger partial charge in [0.1, 0.15) is 12.1 Å². The molecule has 1 heterocycles. The molecule has 3 aromatic rings. The number of ether oxygens (including phenoxy) is 1. The maximum atomic E-state index is 13.3. The molecule has 7 nitrogen and oxygen atoms in total. The zero-order chi connectivity index (χ0) is 22.4. The van der Waals surface area contributed by atoms with Gasteiger partial charge in [-0.2, -0.15) is 5.10 Å². The summed E-state index contributed by atoms with van der Waals surface area (Å²) >= 11 is 0. The number of aromatic nitrogens is 2. The lowest BCUT2D eigenvalue weighted by molar-refractivity contribution is -0.122. The lowest BCUT2D eigenvalue weighted by Gasteiger charge is -2.17. The quantitative estimate of drug-likeness (QED) is 0.594. The monoisotopic (exact) mass is 419 g/mol. The molecule has 7 heteroatoms. The Bertz CT molecular complexity index is 1120. The van der Waals surface area contributed by atoms with E-state index in [9.17, 15) is 14.4 Å². The van der Waals surface area contributed by atoms with Crippen molar-refractivity contribution in [2.75, 3.05) is 7.11 Å². The van der Waals surface area contributed by atoms with Crippen molar-refractivity contribution in [3.8, 4) is 22.4 Å². The van der Waals surface area contributed by atoms with Gasteiger partial charge in [-0.25, -0.2) is 9.48 Å². The van der Waals surface area contributed by atoms with Gasteiger partial charge in [0.2, 0.25) is 5.91 Å². The number of amides is 1. The Labute approximate surface area is 180 Å². The van der Waals surface area contributed by atoms with Gasteiger partial charge in [-0.15, -0.1) is 0 Å². The van der Waals surface area contributed by atoms with Crippen LogP contribution in [0, 0.1) is 0 Å². The minimum absolute atomic E-state index is 0.0412. The summed E-state index contributed by atoms with van der Waals surface area (Å²) in [7, 11) is 1.22. The van der Waals surface area contributed by atoms with Crippen LogP contribution in [0.1, 0.15) is 30.6 Å². The maximum absolute atomic E-state index is 13.3. The molecule has 3 rings (SSSR count). The van der Waals surface area contributed by atoms with Crippen molar-refractivity contribution in [3.05, 3.63) is 76.6 Å². The third kappa shape index (κ3) is 4.88. The highest BCUT2D eigenvalue weighted by molar-refractivity contribution is 6.00. The SMILES string of the molecule is CCC(C)NC(=O)Cn1nc(-c2ccccc2)c(-c2ccccc2)c(C(=O)OC)c1=O. The number of benzene rings is 2. The molecular weight excluding hydrogens is 394 g/mol. The molecule has 160 valence electrons. The first-order chi connectivity index (χ1) is 15.0. The number of hydrogen-bond donors (Lipinski definition) is 1. The highest BCUT2D eigenvalue weighted by Crippen LogP contribution is 2.32. The number of methoxy groups -OCH3 is 1. The topological polar surface area (TPSA) is 90.3 Å². The van der Waals surface area contributed by atoms with Crippen LogP contribution in [0.15, 0.2) is 65.5 Å². The molecule has 0 fully saturated rings. The van der Waals surface area contributed by atoms with Gasteiger partial charge in [0, 0.05) is 17.2 Å². The van der Waals surface area contributed by atoms with Crippen LogP contribution in [-0.2, 0) is 16.1 Å². The standard InChI is InChI=1S/C24H25N3O4/c1-4-16(2)25-19(28)15-27-23(29)21(24(30)31-3)20(17-11-7-5-8-12-17)22(26-27)18-13-9-6-10-14-18/h5-14,16H,4,15H2,1-3H3,(H,25,28). The molecule has 0 aliphatic carbocycles. The number of rotatable bonds is 7. The van der Waals surface area contributed by atoms with Crippen LogP contribution in [0.5, 0.6) is 0 Å². The number of carbonyl (C=O) groups is 2. The molecule has 0 aliphatic rings. The Hall–Kier alpha value is -3.74. The van der Waals surface area contributed by atoms with Gasteiger partial charge in [0.15, 0.2) is 0 Å². The van der Waals surface area contributed by atoms with E-state index < -0.39 is 11.5 Å². The van der Waals surface area contributed by atoms with Gasteiger partial charge in [-0.1, -0.05) is 67.6 Å². The summed E-state index contributed by atoms with van der Waals surface area (Å²) in [5.41, 5.74) is 1.33.